The molecule has 0 rings (SSSR count). The van der Waals surface area contributed by atoms with Crippen LogP contribution in [0.3, 0.4) is 0 Å². The van der Waals surface area contributed by atoms with Gasteiger partial charge in [0.2, 0.25) is 0 Å². The summed E-state index contributed by atoms with van der Waals surface area (Å²) >= 11 is 0. The van der Waals surface area contributed by atoms with Gasteiger partial charge in [0.15, 0.2) is 0 Å². The third-order valence-corrected chi connectivity index (χ3v) is 1.85. The molecule has 0 heterocycles. The van der Waals surface area contributed by atoms with Gasteiger partial charge in [-0.05, 0) is 20.8 Å². The first-order valence-corrected chi connectivity index (χ1v) is 5.41. The van der Waals surface area contributed by atoms with E-state index in [2.05, 4.69) is 56.4 Å². The molecule has 0 N–H and O–H groups in total. The van der Waals surface area contributed by atoms with Crippen molar-refractivity contribution in [2.24, 2.45) is 0 Å². The molecule has 0 spiro atoms. The van der Waals surface area contributed by atoms with Gasteiger partial charge in [-0.2, -0.15) is 0 Å². The first kappa shape index (κ1) is 17.1. The van der Waals surface area contributed by atoms with E-state index in [0.29, 0.717) is 0 Å². The number of hydrogen-bond donors (Lipinski definition) is 0. The summed E-state index contributed by atoms with van der Waals surface area (Å²) < 4.78 is 2.15. The molecule has 0 bridgehead atoms. The minimum absolute atomic E-state index is 0.972. The van der Waals surface area contributed by atoms with Crippen LogP contribution in [0.15, 0.2) is 0 Å². The SMILES string of the molecule is CC(=O)[O-].CCN(CC)C(N(C)C)=[N+](C)C. The van der Waals surface area contributed by atoms with Gasteiger partial charge in [0.1, 0.15) is 0 Å². The smallest absolute Gasteiger partial charge is 0.349 e. The molecule has 0 aliphatic carbocycles. The Labute approximate surface area is 99.0 Å². The molecule has 0 atom stereocenters. The number of carboxylic acid groups (broad SMARTS) is 1. The lowest BCUT2D eigenvalue weighted by molar-refractivity contribution is -0.475. The van der Waals surface area contributed by atoms with Crippen LogP contribution in [0, 0.1) is 0 Å². The molecule has 0 amide bonds. The molecule has 0 radical (unpaired) electrons. The topological polar surface area (TPSA) is 49.6 Å². The normalized spacial score (nSPS) is 8.69. The number of carbonyl (C=O) groups excluding carboxylic acids is 1. The van der Waals surface area contributed by atoms with E-state index in [1.807, 2.05) is 0 Å². The van der Waals surface area contributed by atoms with Gasteiger partial charge in [0, 0.05) is 5.97 Å². The molecule has 0 aromatic heterocycles. The highest BCUT2D eigenvalue weighted by atomic mass is 16.4. The summed E-state index contributed by atoms with van der Waals surface area (Å²) in [5, 5.41) is 8.89. The van der Waals surface area contributed by atoms with Gasteiger partial charge in [-0.1, -0.05) is 0 Å². The van der Waals surface area contributed by atoms with Crippen LogP contribution in [0.1, 0.15) is 20.8 Å². The van der Waals surface area contributed by atoms with E-state index in [-0.39, 0.29) is 0 Å². The zero-order valence-electron chi connectivity index (χ0n) is 11.6. The van der Waals surface area contributed by atoms with Crippen molar-refractivity contribution in [2.45, 2.75) is 20.8 Å². The predicted octanol–water partition coefficient (Wildman–Crippen LogP) is -0.726. The van der Waals surface area contributed by atoms with E-state index < -0.39 is 5.97 Å². The summed E-state index contributed by atoms with van der Waals surface area (Å²) in [7, 11) is 8.31. The lowest BCUT2D eigenvalue weighted by Crippen LogP contribution is -2.45. The summed E-state index contributed by atoms with van der Waals surface area (Å²) in [5.41, 5.74) is 0. The molecule has 0 saturated heterocycles. The lowest BCUT2D eigenvalue weighted by Gasteiger charge is -2.22. The number of nitrogens with zero attached hydrogens (tertiary/aromatic N) is 3. The molecule has 0 aliphatic rings. The van der Waals surface area contributed by atoms with Crippen LogP contribution in [0.4, 0.5) is 0 Å². The number of guanidine groups is 1. The quantitative estimate of drug-likeness (QED) is 0.357. The largest absolute Gasteiger partial charge is 0.550 e. The van der Waals surface area contributed by atoms with Gasteiger partial charge in [-0.3, -0.25) is 14.4 Å². The maximum absolute atomic E-state index is 8.89. The molecule has 5 heteroatoms. The van der Waals surface area contributed by atoms with Crippen LogP contribution in [0.25, 0.3) is 0 Å². The second kappa shape index (κ2) is 9.00. The fraction of sp³-hybridized carbons (Fsp3) is 0.818. The van der Waals surface area contributed by atoms with Gasteiger partial charge in [-0.15, -0.1) is 0 Å². The average molecular weight is 231 g/mol. The van der Waals surface area contributed by atoms with Gasteiger partial charge >= 0.3 is 5.96 Å². The summed E-state index contributed by atoms with van der Waals surface area (Å²) in [4.78, 5) is 13.4. The van der Waals surface area contributed by atoms with E-state index in [4.69, 9.17) is 9.90 Å². The van der Waals surface area contributed by atoms with Crippen LogP contribution in [0.2, 0.25) is 0 Å². The Morgan fingerprint density at radius 2 is 1.50 bits per heavy atom. The van der Waals surface area contributed by atoms with Crippen LogP contribution in [0.5, 0.6) is 0 Å². The highest BCUT2D eigenvalue weighted by Crippen LogP contribution is 1.93. The highest BCUT2D eigenvalue weighted by molar-refractivity contribution is 5.74. The predicted molar refractivity (Wildman–Crippen MR) is 64.4 cm³/mol. The monoisotopic (exact) mass is 231 g/mol. The summed E-state index contributed by atoms with van der Waals surface area (Å²) in [6, 6.07) is 0. The van der Waals surface area contributed by atoms with Crippen molar-refractivity contribution in [1.82, 2.24) is 9.80 Å². The molecule has 0 aromatic carbocycles. The number of aliphatic carboxylic acids is 1. The van der Waals surface area contributed by atoms with E-state index in [1.54, 1.807) is 0 Å². The summed E-state index contributed by atoms with van der Waals surface area (Å²) in [6.07, 6.45) is 0. The molecule has 16 heavy (non-hydrogen) atoms. The maximum atomic E-state index is 8.89. The Morgan fingerprint density at radius 3 is 1.56 bits per heavy atom. The number of carboxylic acids is 1. The number of hydrogen-bond acceptors (Lipinski definition) is 2. The van der Waals surface area contributed by atoms with Crippen molar-refractivity contribution >= 4 is 11.9 Å². The van der Waals surface area contributed by atoms with Crippen LogP contribution in [-0.4, -0.2) is 67.6 Å². The Kier molecular flexibility index (Phi) is 9.65. The van der Waals surface area contributed by atoms with E-state index in [0.717, 1.165) is 20.0 Å². The molecule has 5 nitrogen and oxygen atoms in total. The van der Waals surface area contributed by atoms with Crippen molar-refractivity contribution < 1.29 is 14.5 Å². The molecule has 0 fully saturated rings. The van der Waals surface area contributed by atoms with Crippen molar-refractivity contribution in [2.75, 3.05) is 41.3 Å². The van der Waals surface area contributed by atoms with Gasteiger partial charge in [0.05, 0.1) is 41.3 Å². The van der Waals surface area contributed by atoms with Crippen molar-refractivity contribution in [3.63, 3.8) is 0 Å². The zero-order valence-corrected chi connectivity index (χ0v) is 11.6. The van der Waals surface area contributed by atoms with E-state index >= 15 is 0 Å². The first-order valence-electron chi connectivity index (χ1n) is 5.41. The van der Waals surface area contributed by atoms with Crippen molar-refractivity contribution in [1.29, 1.82) is 0 Å². The molecule has 0 unspecified atom stereocenters. The minimum atomic E-state index is -1.08. The van der Waals surface area contributed by atoms with Gasteiger partial charge < -0.3 is 9.90 Å². The van der Waals surface area contributed by atoms with Crippen LogP contribution >= 0.6 is 0 Å². The number of carbonyl (C=O) groups is 1. The van der Waals surface area contributed by atoms with E-state index in [1.165, 1.54) is 5.96 Å². The molecule has 0 aliphatic heterocycles. The van der Waals surface area contributed by atoms with Gasteiger partial charge in [0.25, 0.3) is 0 Å². The third-order valence-electron chi connectivity index (χ3n) is 1.85. The molecular formula is C11H25N3O2. The first-order chi connectivity index (χ1) is 7.27. The number of rotatable bonds is 2. The van der Waals surface area contributed by atoms with Crippen LogP contribution in [-0.2, 0) is 4.79 Å². The molecular weight excluding hydrogens is 206 g/mol. The summed E-state index contributed by atoms with van der Waals surface area (Å²) in [5.74, 6) is 0.181. The second-order valence-corrected chi connectivity index (χ2v) is 3.75. The Morgan fingerprint density at radius 1 is 1.19 bits per heavy atom. The molecule has 96 valence electrons. The van der Waals surface area contributed by atoms with Crippen molar-refractivity contribution in [3.8, 4) is 0 Å². The Balaban J connectivity index is 0. The second-order valence-electron chi connectivity index (χ2n) is 3.75. The summed E-state index contributed by atoms with van der Waals surface area (Å²) in [6.45, 7) is 7.44. The minimum Gasteiger partial charge on any atom is -0.550 e. The fourth-order valence-corrected chi connectivity index (χ4v) is 1.47. The van der Waals surface area contributed by atoms with Crippen LogP contribution < -0.4 is 5.11 Å². The van der Waals surface area contributed by atoms with E-state index in [9.17, 15) is 0 Å². The average Bonchev–Trinajstić information content (AvgIpc) is 2.11. The fourth-order valence-electron chi connectivity index (χ4n) is 1.47. The van der Waals surface area contributed by atoms with Crippen molar-refractivity contribution in [3.05, 3.63) is 0 Å². The lowest BCUT2D eigenvalue weighted by atomic mass is 10.5. The van der Waals surface area contributed by atoms with Gasteiger partial charge in [-0.25, -0.2) is 0 Å². The maximum Gasteiger partial charge on any atom is 0.349 e. The standard InChI is InChI=1S/C9H22N3.C2H4O2/c1-7-12(8-2)9(10(3)4)11(5)6;1-2(3)4/h7-8H2,1-6H3;1H3,(H,3,4)/q+1;/p-1. The zero-order chi connectivity index (χ0) is 13.3. The third kappa shape index (κ3) is 8.08. The Hall–Kier alpha value is -1.26. The molecule has 0 saturated carbocycles. The molecule has 0 aromatic rings. The highest BCUT2D eigenvalue weighted by Gasteiger charge is 2.18. The Bertz CT molecular complexity index is 225.